The lowest BCUT2D eigenvalue weighted by Gasteiger charge is -2.45. The molecule has 0 spiro atoms. The van der Waals surface area contributed by atoms with Gasteiger partial charge in [0.05, 0.1) is 10.5 Å². The lowest BCUT2D eigenvalue weighted by molar-refractivity contribution is -0.137. The summed E-state index contributed by atoms with van der Waals surface area (Å²) in [6, 6.07) is 9.47. The summed E-state index contributed by atoms with van der Waals surface area (Å²) in [7, 11) is -6.54. The molecule has 1 saturated heterocycles. The molecule has 39 heavy (non-hydrogen) atoms. The minimum Gasteiger partial charge on any atom is -0.305 e. The lowest BCUT2D eigenvalue weighted by atomic mass is 9.94. The molecule has 2 aromatic carbocycles. The van der Waals surface area contributed by atoms with E-state index < -0.39 is 43.0 Å². The first-order chi connectivity index (χ1) is 18.0. The molecule has 4 nitrogen and oxygen atoms in total. The topological polar surface area (TPSA) is 34.0 Å². The number of alkyl halides is 3. The molecule has 0 radical (unpaired) electrons. The molecule has 2 aliphatic rings. The van der Waals surface area contributed by atoms with Gasteiger partial charge in [-0.2, -0.15) is 13.2 Å². The first kappa shape index (κ1) is 28.9. The van der Waals surface area contributed by atoms with E-state index >= 15 is 0 Å². The van der Waals surface area contributed by atoms with Crippen molar-refractivity contribution in [2.45, 2.75) is 34.5 Å². The molecule has 1 aromatic heterocycles. The average Bonchev–Trinajstić information content (AvgIpc) is 3.25. The SMILES string of the molecule is C=IS(F)(F)(F)(F)c1ccc(-c2nnc(SCCCN3C[C@@H]4C[C@]4(c4ccc(C(F)(F)F)cc4)C3)n2C)cc1. The van der Waals surface area contributed by atoms with E-state index in [9.17, 15) is 28.7 Å². The van der Waals surface area contributed by atoms with Gasteiger partial charge < -0.3 is 9.47 Å². The van der Waals surface area contributed by atoms with Gasteiger partial charge in [-0.25, -0.2) is 0 Å². The van der Waals surface area contributed by atoms with Gasteiger partial charge in [0.2, 0.25) is 7.01 Å². The van der Waals surface area contributed by atoms with Crippen LogP contribution in [0.1, 0.15) is 24.0 Å². The van der Waals surface area contributed by atoms with E-state index in [4.69, 9.17) is 0 Å². The molecule has 214 valence electrons. The van der Waals surface area contributed by atoms with Crippen LogP contribution < -0.4 is 0 Å². The average molecular weight is 707 g/mol. The monoisotopic (exact) mass is 706 g/mol. The third-order valence-electron chi connectivity index (χ3n) is 7.47. The molecule has 1 aliphatic carbocycles. The van der Waals surface area contributed by atoms with Crippen molar-refractivity contribution in [1.29, 1.82) is 0 Å². The maximum atomic E-state index is 14.0. The highest BCUT2D eigenvalue weighted by molar-refractivity contribution is 14.2. The Morgan fingerprint density at radius 3 is 2.33 bits per heavy atom. The molecule has 2 heterocycles. The number of hydrogen-bond acceptors (Lipinski definition) is 4. The highest BCUT2D eigenvalue weighted by Crippen LogP contribution is 3.07. The number of fused-ring (bicyclic) bond motifs is 1. The van der Waals surface area contributed by atoms with Crippen molar-refractivity contribution < 1.29 is 28.7 Å². The molecule has 5 rings (SSSR count). The Balaban J connectivity index is 1.14. The van der Waals surface area contributed by atoms with Crippen LogP contribution in [0.3, 0.4) is 0 Å². The standard InChI is InChI=1S/C25H26F7IN4S2/c1-33-39(29,30,31,32)21-10-4-17(5-11-21)22-34-35-23(36(22)2)38-13-3-12-37-15-20-14-24(20,16-37)18-6-8-19(9-7-18)25(26,27)28/h4-11,20H,1,3,12-16H2,2H3/t20-,24+/m0/s1. The predicted octanol–water partition coefficient (Wildman–Crippen LogP) is 8.35. The van der Waals surface area contributed by atoms with Gasteiger partial charge in [-0.1, -0.05) is 28.4 Å². The van der Waals surface area contributed by atoms with Gasteiger partial charge in [-0.05, 0) is 67.3 Å². The molecule has 0 bridgehead atoms. The van der Waals surface area contributed by atoms with Crippen LogP contribution in [0.4, 0.5) is 28.7 Å². The number of likely N-dealkylation sites (tertiary alicyclic amines) is 1. The molecule has 1 saturated carbocycles. The van der Waals surface area contributed by atoms with E-state index in [-0.39, 0.29) is 5.41 Å². The highest BCUT2D eigenvalue weighted by atomic mass is 127. The van der Waals surface area contributed by atoms with Crippen molar-refractivity contribution >= 4 is 42.6 Å². The Hall–Kier alpha value is -1.65. The van der Waals surface area contributed by atoms with Crippen LogP contribution in [0.2, 0.25) is 0 Å². The molecule has 3 aromatic rings. The minimum absolute atomic E-state index is 0.0453. The summed E-state index contributed by atoms with van der Waals surface area (Å²) in [4.78, 5) is 1.08. The fraction of sp³-hybridized carbons (Fsp3) is 0.400. The van der Waals surface area contributed by atoms with E-state index in [0.29, 0.717) is 22.5 Å². The number of piperidine rings is 1. The Labute approximate surface area is 234 Å². The summed E-state index contributed by atoms with van der Waals surface area (Å²) >= 11 is -1.38. The second-order valence-corrected chi connectivity index (χ2v) is 20.9. The van der Waals surface area contributed by atoms with Crippen molar-refractivity contribution in [3.05, 3.63) is 59.7 Å². The Morgan fingerprint density at radius 1 is 1.05 bits per heavy atom. The van der Waals surface area contributed by atoms with Gasteiger partial charge in [0, 0.05) is 56.2 Å². The van der Waals surface area contributed by atoms with Crippen LogP contribution in [-0.4, -0.2) is 49.6 Å². The quantitative estimate of drug-likeness (QED) is 0.0971. The molecule has 14 heteroatoms. The third kappa shape index (κ3) is 5.62. The van der Waals surface area contributed by atoms with Gasteiger partial charge in [-0.3, -0.25) is 0 Å². The van der Waals surface area contributed by atoms with Crippen LogP contribution in [0.25, 0.3) is 11.4 Å². The van der Waals surface area contributed by atoms with E-state index in [2.05, 4.69) is 19.6 Å². The number of aromatic nitrogens is 3. The van der Waals surface area contributed by atoms with E-state index in [0.717, 1.165) is 68.1 Å². The van der Waals surface area contributed by atoms with Crippen molar-refractivity contribution in [1.82, 2.24) is 19.7 Å². The first-order valence-corrected chi connectivity index (χ1v) is 19.1. The van der Waals surface area contributed by atoms with E-state index in [1.165, 1.54) is 23.9 Å². The Kier molecular flexibility index (Phi) is 6.79. The summed E-state index contributed by atoms with van der Waals surface area (Å²) in [6.45, 7) is 2.60. The maximum Gasteiger partial charge on any atom is 0.416 e. The fourth-order valence-electron chi connectivity index (χ4n) is 5.26. The van der Waals surface area contributed by atoms with Crippen LogP contribution >= 0.6 is 38.1 Å². The number of hydrogen-bond donors (Lipinski definition) is 0. The summed E-state index contributed by atoms with van der Waals surface area (Å²) in [5.41, 5.74) is 0.700. The second-order valence-electron chi connectivity index (χ2n) is 10.0. The number of halogens is 8. The van der Waals surface area contributed by atoms with Gasteiger partial charge in [0.25, 0.3) is 0 Å². The number of nitrogens with zero attached hydrogens (tertiary/aromatic N) is 4. The minimum atomic E-state index is -8.27. The lowest BCUT2D eigenvalue weighted by Crippen LogP contribution is -2.28. The van der Waals surface area contributed by atoms with E-state index in [1.807, 2.05) is 0 Å². The van der Waals surface area contributed by atoms with Gasteiger partial charge in [0.1, 0.15) is 0 Å². The van der Waals surface area contributed by atoms with Crippen LogP contribution in [0.15, 0.2) is 58.6 Å². The maximum absolute atomic E-state index is 14.0. The van der Waals surface area contributed by atoms with E-state index in [1.54, 1.807) is 23.7 Å². The number of benzene rings is 2. The molecule has 0 amide bonds. The van der Waals surface area contributed by atoms with Crippen molar-refractivity contribution in [3.63, 3.8) is 0 Å². The number of thioether (sulfide) groups is 1. The third-order valence-corrected chi connectivity index (χ3v) is 15.5. The Morgan fingerprint density at radius 2 is 1.72 bits per heavy atom. The molecule has 2 fully saturated rings. The van der Waals surface area contributed by atoms with Crippen LogP contribution in [-0.2, 0) is 18.6 Å². The zero-order valence-corrected chi connectivity index (χ0v) is 24.6. The van der Waals surface area contributed by atoms with Crippen LogP contribution in [0.5, 0.6) is 0 Å². The Bertz CT molecular complexity index is 1400. The zero-order chi connectivity index (χ0) is 28.3. The smallest absolute Gasteiger partial charge is 0.305 e. The normalized spacial score (nSPS) is 23.3. The van der Waals surface area contributed by atoms with Gasteiger partial charge >= 0.3 is 6.18 Å². The predicted molar refractivity (Wildman–Crippen MR) is 151 cm³/mol. The van der Waals surface area contributed by atoms with Gasteiger partial charge in [-0.15, -0.1) is 25.7 Å². The molecule has 2 atom stereocenters. The molecular formula is C25H26F7IN4S2. The fourth-order valence-corrected chi connectivity index (χ4v) is 8.83. The largest absolute Gasteiger partial charge is 0.416 e. The summed E-state index contributed by atoms with van der Waals surface area (Å²) in [5.74, 6) is 1.59. The zero-order valence-electron chi connectivity index (χ0n) is 20.8. The molecular weight excluding hydrogens is 680 g/mol. The first-order valence-electron chi connectivity index (χ1n) is 12.0. The van der Waals surface area contributed by atoms with Crippen molar-refractivity contribution in [2.24, 2.45) is 13.0 Å². The second kappa shape index (κ2) is 9.18. The van der Waals surface area contributed by atoms with Crippen molar-refractivity contribution in [2.75, 3.05) is 25.4 Å². The van der Waals surface area contributed by atoms with Gasteiger partial charge in [0.15, 0.2) is 11.0 Å². The molecule has 0 unspecified atom stereocenters. The summed E-state index contributed by atoms with van der Waals surface area (Å²) < 4.78 is 99.4. The summed E-state index contributed by atoms with van der Waals surface area (Å²) in [6.07, 6.45) is -2.48. The number of rotatable bonds is 9. The van der Waals surface area contributed by atoms with Crippen molar-refractivity contribution in [3.8, 4) is 11.4 Å². The summed E-state index contributed by atoms with van der Waals surface area (Å²) in [5, 5.41) is 8.88. The highest BCUT2D eigenvalue weighted by Gasteiger charge is 2.62. The molecule has 1 aliphatic heterocycles. The van der Waals surface area contributed by atoms with Crippen LogP contribution in [0, 0.1) is 5.92 Å². The molecule has 0 N–H and O–H groups in total.